The molecule has 0 bridgehead atoms. The van der Waals surface area contributed by atoms with Gasteiger partial charge in [0.05, 0.1) is 6.10 Å². The lowest BCUT2D eigenvalue weighted by molar-refractivity contribution is -0.139. The van der Waals surface area contributed by atoms with E-state index in [4.69, 9.17) is 4.74 Å². The van der Waals surface area contributed by atoms with Crippen molar-refractivity contribution in [2.75, 3.05) is 20.2 Å². The average Bonchev–Trinajstić information content (AvgIpc) is 2.27. The minimum atomic E-state index is 0.0157. The summed E-state index contributed by atoms with van der Waals surface area (Å²) in [5, 5.41) is 6.14. The van der Waals surface area contributed by atoms with E-state index in [2.05, 4.69) is 24.5 Å². The maximum absolute atomic E-state index is 11.9. The Balaban J connectivity index is 2.42. The molecule has 1 rings (SSSR count). The molecule has 4 nitrogen and oxygen atoms in total. The largest absolute Gasteiger partial charge is 0.378 e. The number of amides is 1. The average molecular weight is 242 g/mol. The standard InChI is InChI=1S/C13H26N2O2/c1-6-17-11-7-10(13(11,3)4)15-12(16)9(2)8-14-5/h9-11,14H,6-8H2,1-5H3,(H,15,16). The fourth-order valence-corrected chi connectivity index (χ4v) is 2.33. The van der Waals surface area contributed by atoms with Gasteiger partial charge in [0.1, 0.15) is 0 Å². The molecule has 0 aromatic rings. The third kappa shape index (κ3) is 3.19. The summed E-state index contributed by atoms with van der Waals surface area (Å²) in [6.07, 6.45) is 1.20. The molecule has 0 aliphatic heterocycles. The molecule has 0 heterocycles. The monoisotopic (exact) mass is 242 g/mol. The first-order valence-electron chi connectivity index (χ1n) is 6.50. The van der Waals surface area contributed by atoms with Gasteiger partial charge in [-0.3, -0.25) is 4.79 Å². The highest BCUT2D eigenvalue weighted by molar-refractivity contribution is 5.79. The number of carbonyl (C=O) groups excluding carboxylic acids is 1. The zero-order valence-electron chi connectivity index (χ0n) is 11.7. The summed E-state index contributed by atoms with van der Waals surface area (Å²) < 4.78 is 5.65. The summed E-state index contributed by atoms with van der Waals surface area (Å²) in [4.78, 5) is 11.9. The van der Waals surface area contributed by atoms with Crippen LogP contribution in [0.1, 0.15) is 34.1 Å². The highest BCUT2D eigenvalue weighted by Crippen LogP contribution is 2.42. The number of carbonyl (C=O) groups is 1. The van der Waals surface area contributed by atoms with E-state index in [9.17, 15) is 4.79 Å². The zero-order chi connectivity index (χ0) is 13.1. The number of ether oxygens (including phenoxy) is 1. The molecule has 1 aliphatic rings. The van der Waals surface area contributed by atoms with Crippen LogP contribution in [0.5, 0.6) is 0 Å². The molecule has 0 aromatic heterocycles. The van der Waals surface area contributed by atoms with Gasteiger partial charge < -0.3 is 15.4 Å². The highest BCUT2D eigenvalue weighted by atomic mass is 16.5. The van der Waals surface area contributed by atoms with Crippen LogP contribution < -0.4 is 10.6 Å². The molecule has 1 amide bonds. The molecular formula is C13H26N2O2. The van der Waals surface area contributed by atoms with Crippen molar-refractivity contribution < 1.29 is 9.53 Å². The van der Waals surface area contributed by atoms with Gasteiger partial charge in [-0.2, -0.15) is 0 Å². The van der Waals surface area contributed by atoms with Crippen molar-refractivity contribution in [2.45, 2.75) is 46.3 Å². The second kappa shape index (κ2) is 5.83. The Morgan fingerprint density at radius 3 is 2.65 bits per heavy atom. The maximum atomic E-state index is 11.9. The van der Waals surface area contributed by atoms with E-state index in [1.54, 1.807) is 0 Å². The smallest absolute Gasteiger partial charge is 0.224 e. The Bertz CT molecular complexity index is 266. The second-order valence-electron chi connectivity index (χ2n) is 5.52. The van der Waals surface area contributed by atoms with Crippen LogP contribution in [-0.2, 0) is 9.53 Å². The predicted octanol–water partition coefficient (Wildman–Crippen LogP) is 1.16. The molecule has 3 unspecified atom stereocenters. The van der Waals surface area contributed by atoms with E-state index in [0.717, 1.165) is 13.0 Å². The lowest BCUT2D eigenvalue weighted by Gasteiger charge is -2.51. The van der Waals surface area contributed by atoms with Crippen LogP contribution in [0.4, 0.5) is 0 Å². The lowest BCUT2D eigenvalue weighted by atomic mass is 9.64. The van der Waals surface area contributed by atoms with Crippen LogP contribution in [0.3, 0.4) is 0 Å². The first kappa shape index (κ1) is 14.5. The Morgan fingerprint density at radius 1 is 1.53 bits per heavy atom. The first-order valence-corrected chi connectivity index (χ1v) is 6.50. The fourth-order valence-electron chi connectivity index (χ4n) is 2.33. The van der Waals surface area contributed by atoms with Gasteiger partial charge in [-0.15, -0.1) is 0 Å². The topological polar surface area (TPSA) is 50.4 Å². The van der Waals surface area contributed by atoms with Crippen molar-refractivity contribution in [3.8, 4) is 0 Å². The van der Waals surface area contributed by atoms with Crippen molar-refractivity contribution in [1.29, 1.82) is 0 Å². The van der Waals surface area contributed by atoms with Gasteiger partial charge >= 0.3 is 0 Å². The van der Waals surface area contributed by atoms with Crippen LogP contribution in [-0.4, -0.2) is 38.3 Å². The van der Waals surface area contributed by atoms with Crippen LogP contribution >= 0.6 is 0 Å². The fraction of sp³-hybridized carbons (Fsp3) is 0.923. The van der Waals surface area contributed by atoms with Gasteiger partial charge in [-0.1, -0.05) is 20.8 Å². The molecule has 17 heavy (non-hydrogen) atoms. The highest BCUT2D eigenvalue weighted by Gasteiger charge is 2.49. The van der Waals surface area contributed by atoms with Gasteiger partial charge in [0.25, 0.3) is 0 Å². The van der Waals surface area contributed by atoms with Crippen LogP contribution in [0, 0.1) is 11.3 Å². The van der Waals surface area contributed by atoms with E-state index >= 15 is 0 Å². The minimum absolute atomic E-state index is 0.0157. The molecule has 100 valence electrons. The second-order valence-corrected chi connectivity index (χ2v) is 5.52. The maximum Gasteiger partial charge on any atom is 0.224 e. The molecule has 1 fully saturated rings. The molecule has 4 heteroatoms. The van der Waals surface area contributed by atoms with Crippen LogP contribution in [0.25, 0.3) is 0 Å². The van der Waals surface area contributed by atoms with Gasteiger partial charge in [-0.05, 0) is 20.4 Å². The van der Waals surface area contributed by atoms with Crippen molar-refractivity contribution in [3.05, 3.63) is 0 Å². The minimum Gasteiger partial charge on any atom is -0.378 e. The molecule has 0 spiro atoms. The Kier molecular flexibility index (Phi) is 4.95. The summed E-state index contributed by atoms with van der Waals surface area (Å²) in [6, 6.07) is 0.242. The number of hydrogen-bond donors (Lipinski definition) is 2. The Morgan fingerprint density at radius 2 is 2.18 bits per heavy atom. The van der Waals surface area contributed by atoms with Crippen molar-refractivity contribution >= 4 is 5.91 Å². The normalized spacial score (nSPS) is 28.3. The molecule has 0 radical (unpaired) electrons. The number of hydrogen-bond acceptors (Lipinski definition) is 3. The quantitative estimate of drug-likeness (QED) is 0.735. The molecule has 1 saturated carbocycles. The lowest BCUT2D eigenvalue weighted by Crippen LogP contribution is -2.62. The van der Waals surface area contributed by atoms with Gasteiger partial charge in [0.15, 0.2) is 0 Å². The van der Waals surface area contributed by atoms with Gasteiger partial charge in [0.2, 0.25) is 5.91 Å². The first-order chi connectivity index (χ1) is 7.93. The molecular weight excluding hydrogens is 216 g/mol. The SMILES string of the molecule is CCOC1CC(NC(=O)C(C)CNC)C1(C)C. The molecule has 0 saturated heterocycles. The number of nitrogens with one attached hydrogen (secondary N) is 2. The van der Waals surface area contributed by atoms with Crippen molar-refractivity contribution in [3.63, 3.8) is 0 Å². The third-order valence-electron chi connectivity index (χ3n) is 3.82. The molecule has 0 aromatic carbocycles. The van der Waals surface area contributed by atoms with Crippen molar-refractivity contribution in [1.82, 2.24) is 10.6 Å². The molecule has 1 aliphatic carbocycles. The number of rotatable bonds is 6. The predicted molar refractivity (Wildman–Crippen MR) is 68.8 cm³/mol. The van der Waals surface area contributed by atoms with Crippen molar-refractivity contribution in [2.24, 2.45) is 11.3 Å². The van der Waals surface area contributed by atoms with E-state index < -0.39 is 0 Å². The van der Waals surface area contributed by atoms with E-state index in [0.29, 0.717) is 6.54 Å². The Hall–Kier alpha value is -0.610. The summed E-state index contributed by atoms with van der Waals surface area (Å²) in [5.74, 6) is 0.148. The summed E-state index contributed by atoms with van der Waals surface area (Å²) >= 11 is 0. The van der Waals surface area contributed by atoms with Gasteiger partial charge in [-0.25, -0.2) is 0 Å². The third-order valence-corrected chi connectivity index (χ3v) is 3.82. The van der Waals surface area contributed by atoms with E-state index in [1.165, 1.54) is 0 Å². The summed E-state index contributed by atoms with van der Waals surface area (Å²) in [5.41, 5.74) is 0.0467. The summed E-state index contributed by atoms with van der Waals surface area (Å²) in [6.45, 7) is 9.72. The van der Waals surface area contributed by atoms with E-state index in [1.807, 2.05) is 20.9 Å². The van der Waals surface area contributed by atoms with Crippen LogP contribution in [0.15, 0.2) is 0 Å². The van der Waals surface area contributed by atoms with E-state index in [-0.39, 0.29) is 29.4 Å². The van der Waals surface area contributed by atoms with Crippen LogP contribution in [0.2, 0.25) is 0 Å². The zero-order valence-corrected chi connectivity index (χ0v) is 11.7. The summed E-state index contributed by atoms with van der Waals surface area (Å²) in [7, 11) is 1.86. The Labute approximate surface area is 104 Å². The van der Waals surface area contributed by atoms with Gasteiger partial charge in [0, 0.05) is 30.5 Å². The molecule has 2 N–H and O–H groups in total. The molecule has 3 atom stereocenters.